The van der Waals surface area contributed by atoms with Crippen LogP contribution in [0, 0.1) is 5.82 Å². The van der Waals surface area contributed by atoms with E-state index in [0.29, 0.717) is 0 Å². The average molecular weight is 336 g/mol. The molecule has 0 amide bonds. The minimum Gasteiger partial charge on any atom is -0.436 e. The van der Waals surface area contributed by atoms with Gasteiger partial charge >= 0.3 is 0 Å². The number of aryl methyl sites for hydroxylation is 1. The van der Waals surface area contributed by atoms with Crippen molar-refractivity contribution in [3.8, 4) is 0 Å². The maximum absolute atomic E-state index is 13.3. The van der Waals surface area contributed by atoms with Gasteiger partial charge in [-0.25, -0.2) is 9.37 Å². The summed E-state index contributed by atoms with van der Waals surface area (Å²) in [7, 11) is 0. The molecule has 0 atom stereocenters. The van der Waals surface area contributed by atoms with Crippen LogP contribution in [0.1, 0.15) is 30.4 Å². The minimum absolute atomic E-state index is 0.177. The van der Waals surface area contributed by atoms with Gasteiger partial charge in [0.25, 0.3) is 0 Å². The predicted octanol–water partition coefficient (Wildman–Crippen LogP) is 4.82. The Morgan fingerprint density at radius 3 is 2.84 bits per heavy atom. The van der Waals surface area contributed by atoms with E-state index < -0.39 is 0 Å². The van der Waals surface area contributed by atoms with Crippen LogP contribution < -0.4 is 0 Å². The van der Waals surface area contributed by atoms with Gasteiger partial charge in [-0.1, -0.05) is 31.2 Å². The van der Waals surface area contributed by atoms with Gasteiger partial charge in [0, 0.05) is 25.2 Å². The molecule has 0 unspecified atom stereocenters. The highest BCUT2D eigenvalue weighted by atomic mass is 19.1. The number of hydrogen-bond acceptors (Lipinski definition) is 3. The van der Waals surface area contributed by atoms with E-state index in [2.05, 4.69) is 35.0 Å². The second-order valence-corrected chi connectivity index (χ2v) is 6.52. The molecule has 0 saturated carbocycles. The molecular formula is C21H21FN2O. The van der Waals surface area contributed by atoms with Gasteiger partial charge < -0.3 is 4.42 Å². The van der Waals surface area contributed by atoms with E-state index in [0.717, 1.165) is 60.6 Å². The smallest absolute Gasteiger partial charge is 0.222 e. The van der Waals surface area contributed by atoms with Crippen LogP contribution in [0.5, 0.6) is 0 Å². The first kappa shape index (κ1) is 16.0. The lowest BCUT2D eigenvalue weighted by molar-refractivity contribution is 0.292. The van der Waals surface area contributed by atoms with Gasteiger partial charge in [-0.3, -0.25) is 4.90 Å². The third kappa shape index (κ3) is 3.49. The van der Waals surface area contributed by atoms with Gasteiger partial charge in [-0.2, -0.15) is 0 Å². The Morgan fingerprint density at radius 1 is 1.16 bits per heavy atom. The summed E-state index contributed by atoms with van der Waals surface area (Å²) in [5.41, 5.74) is 5.20. The van der Waals surface area contributed by atoms with Gasteiger partial charge in [0.1, 0.15) is 11.3 Å². The molecule has 3 aromatic rings. The van der Waals surface area contributed by atoms with Gasteiger partial charge in [-0.15, -0.1) is 0 Å². The van der Waals surface area contributed by atoms with Crippen LogP contribution in [0.2, 0.25) is 0 Å². The zero-order valence-electron chi connectivity index (χ0n) is 14.3. The van der Waals surface area contributed by atoms with Crippen molar-refractivity contribution < 1.29 is 8.81 Å². The van der Waals surface area contributed by atoms with Crippen molar-refractivity contribution in [2.45, 2.75) is 26.3 Å². The molecule has 0 fully saturated rings. The van der Waals surface area contributed by atoms with Crippen LogP contribution in [0.25, 0.3) is 16.7 Å². The van der Waals surface area contributed by atoms with Gasteiger partial charge in [0.05, 0.1) is 0 Å². The van der Waals surface area contributed by atoms with Crippen LogP contribution in [-0.2, 0) is 13.0 Å². The molecule has 0 radical (unpaired) electrons. The van der Waals surface area contributed by atoms with Crippen molar-refractivity contribution >= 4 is 16.7 Å². The van der Waals surface area contributed by atoms with Gasteiger partial charge in [0.15, 0.2) is 5.58 Å². The third-order valence-electron chi connectivity index (χ3n) is 4.72. The summed E-state index contributed by atoms with van der Waals surface area (Å²) in [6.45, 7) is 4.64. The van der Waals surface area contributed by atoms with E-state index in [9.17, 15) is 4.39 Å². The van der Waals surface area contributed by atoms with Crippen molar-refractivity contribution in [2.24, 2.45) is 0 Å². The summed E-state index contributed by atoms with van der Waals surface area (Å²) in [5.74, 6) is 0.553. The molecule has 128 valence electrons. The molecule has 0 bridgehead atoms. The Labute approximate surface area is 146 Å². The second-order valence-electron chi connectivity index (χ2n) is 6.52. The molecule has 1 aliphatic rings. The molecule has 2 heterocycles. The number of aromatic nitrogens is 1. The van der Waals surface area contributed by atoms with Crippen LogP contribution >= 0.6 is 0 Å². The summed E-state index contributed by atoms with van der Waals surface area (Å²) in [6.07, 6.45) is 4.06. The van der Waals surface area contributed by atoms with Crippen molar-refractivity contribution in [3.63, 3.8) is 0 Å². The lowest BCUT2D eigenvalue weighted by Crippen LogP contribution is -2.28. The summed E-state index contributed by atoms with van der Waals surface area (Å²) in [4.78, 5) is 6.96. The van der Waals surface area contributed by atoms with Crippen LogP contribution in [0.4, 0.5) is 4.39 Å². The lowest BCUT2D eigenvalue weighted by Gasteiger charge is -2.25. The molecule has 4 heteroatoms. The van der Waals surface area contributed by atoms with Gasteiger partial charge in [-0.05, 0) is 48.2 Å². The molecule has 25 heavy (non-hydrogen) atoms. The normalized spacial score (nSPS) is 15.5. The Bertz CT molecular complexity index is 929. The van der Waals surface area contributed by atoms with E-state index in [4.69, 9.17) is 4.42 Å². The fraction of sp³-hybridized carbons (Fsp3) is 0.286. The Kier molecular flexibility index (Phi) is 4.36. The van der Waals surface area contributed by atoms with Crippen LogP contribution in [0.3, 0.4) is 0 Å². The molecule has 0 aliphatic carbocycles. The van der Waals surface area contributed by atoms with Crippen molar-refractivity contribution in [3.05, 3.63) is 71.4 Å². The van der Waals surface area contributed by atoms with E-state index in [1.807, 2.05) is 12.1 Å². The van der Waals surface area contributed by atoms with Crippen molar-refractivity contribution in [2.75, 3.05) is 13.1 Å². The molecule has 0 spiro atoms. The number of rotatable bonds is 4. The molecular weight excluding hydrogens is 315 g/mol. The Balaban J connectivity index is 1.48. The highest BCUT2D eigenvalue weighted by Gasteiger charge is 2.17. The topological polar surface area (TPSA) is 29.3 Å². The highest BCUT2D eigenvalue weighted by Crippen LogP contribution is 2.26. The number of halogens is 1. The van der Waals surface area contributed by atoms with E-state index in [1.54, 1.807) is 12.1 Å². The molecule has 4 rings (SSSR count). The molecule has 0 N–H and O–H groups in total. The molecule has 3 nitrogen and oxygen atoms in total. The second kappa shape index (κ2) is 6.81. The fourth-order valence-electron chi connectivity index (χ4n) is 3.27. The molecule has 0 saturated heterocycles. The van der Waals surface area contributed by atoms with E-state index >= 15 is 0 Å². The number of fused-ring (bicyclic) bond motifs is 1. The quantitative estimate of drug-likeness (QED) is 0.684. The maximum Gasteiger partial charge on any atom is 0.222 e. The van der Waals surface area contributed by atoms with Crippen LogP contribution in [-0.4, -0.2) is 23.0 Å². The Morgan fingerprint density at radius 2 is 2.08 bits per heavy atom. The number of hydrogen-bond donors (Lipinski definition) is 0. The highest BCUT2D eigenvalue weighted by molar-refractivity contribution is 5.76. The third-order valence-corrected chi connectivity index (χ3v) is 4.72. The zero-order chi connectivity index (χ0) is 17.2. The monoisotopic (exact) mass is 336 g/mol. The first-order valence-electron chi connectivity index (χ1n) is 8.77. The number of oxazole rings is 1. The largest absolute Gasteiger partial charge is 0.436 e. The number of benzene rings is 2. The lowest BCUT2D eigenvalue weighted by atomic mass is 10.1. The standard InChI is InChI=1S/C21H21FN2O/c1-2-15-6-7-20-19(13-15)23-21(25-20)17-8-10-24(11-9-17)14-16-4-3-5-18(22)12-16/h3-8,12-13H,2,9-11,14H2,1H3. The first-order chi connectivity index (χ1) is 12.2. The summed E-state index contributed by atoms with van der Waals surface area (Å²) < 4.78 is 19.2. The SMILES string of the molecule is CCc1ccc2oc(C3=CCN(Cc4cccc(F)c4)CC3)nc2c1. The van der Waals surface area contributed by atoms with Crippen molar-refractivity contribution in [1.29, 1.82) is 0 Å². The average Bonchev–Trinajstić information content (AvgIpc) is 3.05. The summed E-state index contributed by atoms with van der Waals surface area (Å²) >= 11 is 0. The fourth-order valence-corrected chi connectivity index (χ4v) is 3.27. The van der Waals surface area contributed by atoms with Crippen molar-refractivity contribution in [1.82, 2.24) is 9.88 Å². The minimum atomic E-state index is -0.177. The predicted molar refractivity (Wildman–Crippen MR) is 97.7 cm³/mol. The molecule has 2 aromatic carbocycles. The maximum atomic E-state index is 13.3. The molecule has 1 aromatic heterocycles. The van der Waals surface area contributed by atoms with Gasteiger partial charge in [0.2, 0.25) is 5.89 Å². The summed E-state index contributed by atoms with van der Waals surface area (Å²) in [5, 5.41) is 0. The zero-order valence-corrected chi connectivity index (χ0v) is 14.3. The van der Waals surface area contributed by atoms with Crippen LogP contribution in [0.15, 0.2) is 53.0 Å². The van der Waals surface area contributed by atoms with E-state index in [1.165, 1.54) is 11.6 Å². The summed E-state index contributed by atoms with van der Waals surface area (Å²) in [6, 6.07) is 13.0. The number of nitrogens with zero attached hydrogens (tertiary/aromatic N) is 2. The van der Waals surface area contributed by atoms with E-state index in [-0.39, 0.29) is 5.82 Å². The first-order valence-corrected chi connectivity index (χ1v) is 8.77. The Hall–Kier alpha value is -2.46. The molecule has 1 aliphatic heterocycles.